The Morgan fingerprint density at radius 1 is 1.33 bits per heavy atom. The first-order valence-electron chi connectivity index (χ1n) is 6.74. The molecule has 5 heteroatoms. The van der Waals surface area contributed by atoms with Crippen molar-refractivity contribution in [3.8, 4) is 5.88 Å². The molecule has 1 N–H and O–H groups in total. The maximum atomic E-state index is 11.2. The Bertz CT molecular complexity index is 666. The highest BCUT2D eigenvalue weighted by Crippen LogP contribution is 2.25. The molecule has 0 radical (unpaired) electrons. The van der Waals surface area contributed by atoms with E-state index < -0.39 is 5.97 Å². The maximum absolute atomic E-state index is 11.2. The average molecular weight is 288 g/mol. The largest absolute Gasteiger partial charge is 0.477 e. The molecule has 0 atom stereocenters. The standard InChI is InChI=1S/C16H20N2O3/c1-16(2,18(3)4)10-21-14-12-8-6-5-7-11(12)9-13(17-14)15(19)20/h5-9H,10H2,1-4H3,(H,19,20). The van der Waals surface area contributed by atoms with Gasteiger partial charge in [0, 0.05) is 10.9 Å². The Morgan fingerprint density at radius 3 is 2.62 bits per heavy atom. The Morgan fingerprint density at radius 2 is 2.00 bits per heavy atom. The minimum Gasteiger partial charge on any atom is -0.477 e. The number of hydrogen-bond donors (Lipinski definition) is 1. The van der Waals surface area contributed by atoms with E-state index in [9.17, 15) is 4.79 Å². The van der Waals surface area contributed by atoms with Gasteiger partial charge >= 0.3 is 5.97 Å². The SMILES string of the molecule is CN(C)C(C)(C)COc1nc(C(=O)O)cc2ccccc12. The van der Waals surface area contributed by atoms with Crippen LogP contribution in [0.5, 0.6) is 5.88 Å². The monoisotopic (exact) mass is 288 g/mol. The summed E-state index contributed by atoms with van der Waals surface area (Å²) in [5.41, 5.74) is -0.187. The van der Waals surface area contributed by atoms with Gasteiger partial charge < -0.3 is 14.7 Å². The van der Waals surface area contributed by atoms with E-state index in [1.807, 2.05) is 38.4 Å². The van der Waals surface area contributed by atoms with Crippen molar-refractivity contribution in [2.24, 2.45) is 0 Å². The summed E-state index contributed by atoms with van der Waals surface area (Å²) in [5.74, 6) is -0.696. The van der Waals surface area contributed by atoms with Gasteiger partial charge in [0.25, 0.3) is 0 Å². The summed E-state index contributed by atoms with van der Waals surface area (Å²) in [6.07, 6.45) is 0. The first kappa shape index (κ1) is 15.3. The lowest BCUT2D eigenvalue weighted by molar-refractivity contribution is 0.0688. The van der Waals surface area contributed by atoms with E-state index in [1.165, 1.54) is 0 Å². The van der Waals surface area contributed by atoms with Gasteiger partial charge in [0.2, 0.25) is 5.88 Å². The van der Waals surface area contributed by atoms with Gasteiger partial charge in [0.05, 0.1) is 0 Å². The van der Waals surface area contributed by atoms with Gasteiger partial charge in [-0.1, -0.05) is 18.2 Å². The van der Waals surface area contributed by atoms with Crippen LogP contribution in [0.25, 0.3) is 10.8 Å². The van der Waals surface area contributed by atoms with Crippen molar-refractivity contribution in [1.29, 1.82) is 0 Å². The van der Waals surface area contributed by atoms with Gasteiger partial charge in [-0.15, -0.1) is 0 Å². The predicted octanol–water partition coefficient (Wildman–Crippen LogP) is 2.65. The molecule has 1 aromatic carbocycles. The van der Waals surface area contributed by atoms with Crippen molar-refractivity contribution in [1.82, 2.24) is 9.88 Å². The minimum atomic E-state index is -1.06. The van der Waals surface area contributed by atoms with Gasteiger partial charge in [0.15, 0.2) is 5.69 Å². The van der Waals surface area contributed by atoms with Crippen molar-refractivity contribution < 1.29 is 14.6 Å². The molecule has 0 amide bonds. The van der Waals surface area contributed by atoms with E-state index in [0.717, 1.165) is 10.8 Å². The van der Waals surface area contributed by atoms with Gasteiger partial charge in [-0.05, 0) is 45.5 Å². The van der Waals surface area contributed by atoms with Crippen LogP contribution in [0.15, 0.2) is 30.3 Å². The highest BCUT2D eigenvalue weighted by molar-refractivity contribution is 5.94. The zero-order valence-corrected chi connectivity index (χ0v) is 12.8. The van der Waals surface area contributed by atoms with E-state index in [-0.39, 0.29) is 11.2 Å². The molecule has 1 heterocycles. The first-order chi connectivity index (χ1) is 9.81. The van der Waals surface area contributed by atoms with Crippen LogP contribution in [0.4, 0.5) is 0 Å². The minimum absolute atomic E-state index is 0.00800. The van der Waals surface area contributed by atoms with Gasteiger partial charge in [-0.2, -0.15) is 0 Å². The van der Waals surface area contributed by atoms with Crippen LogP contribution in [-0.4, -0.2) is 47.2 Å². The highest BCUT2D eigenvalue weighted by atomic mass is 16.5. The average Bonchev–Trinajstić information content (AvgIpc) is 2.44. The van der Waals surface area contributed by atoms with E-state index >= 15 is 0 Å². The van der Waals surface area contributed by atoms with Crippen LogP contribution < -0.4 is 4.74 Å². The van der Waals surface area contributed by atoms with Crippen molar-refractivity contribution in [2.45, 2.75) is 19.4 Å². The molecular formula is C16H20N2O3. The summed E-state index contributed by atoms with van der Waals surface area (Å²) >= 11 is 0. The number of pyridine rings is 1. The molecule has 0 saturated carbocycles. The topological polar surface area (TPSA) is 62.7 Å². The van der Waals surface area contributed by atoms with Crippen molar-refractivity contribution in [3.05, 3.63) is 36.0 Å². The number of aromatic carboxylic acids is 1. The Hall–Kier alpha value is -2.14. The number of nitrogens with zero attached hydrogens (tertiary/aromatic N) is 2. The van der Waals surface area contributed by atoms with E-state index in [1.54, 1.807) is 6.07 Å². The lowest BCUT2D eigenvalue weighted by Gasteiger charge is -2.32. The van der Waals surface area contributed by atoms with E-state index in [2.05, 4.69) is 23.7 Å². The number of ether oxygens (including phenoxy) is 1. The number of rotatable bonds is 5. The second-order valence-electron chi connectivity index (χ2n) is 5.83. The van der Waals surface area contributed by atoms with Gasteiger partial charge in [-0.25, -0.2) is 9.78 Å². The van der Waals surface area contributed by atoms with Crippen LogP contribution in [0.2, 0.25) is 0 Å². The number of carbonyl (C=O) groups is 1. The summed E-state index contributed by atoms with van der Waals surface area (Å²) in [6.45, 7) is 4.52. The van der Waals surface area contributed by atoms with E-state index in [0.29, 0.717) is 12.5 Å². The van der Waals surface area contributed by atoms with Crippen molar-refractivity contribution >= 4 is 16.7 Å². The molecule has 112 valence electrons. The number of fused-ring (bicyclic) bond motifs is 1. The third kappa shape index (κ3) is 3.31. The second kappa shape index (κ2) is 5.69. The number of aromatic nitrogens is 1. The molecule has 0 bridgehead atoms. The molecular weight excluding hydrogens is 268 g/mol. The molecule has 21 heavy (non-hydrogen) atoms. The number of hydrogen-bond acceptors (Lipinski definition) is 4. The van der Waals surface area contributed by atoms with Crippen LogP contribution >= 0.6 is 0 Å². The third-order valence-electron chi connectivity index (χ3n) is 3.70. The van der Waals surface area contributed by atoms with Crippen LogP contribution in [-0.2, 0) is 0 Å². The summed E-state index contributed by atoms with van der Waals surface area (Å²) < 4.78 is 5.82. The van der Waals surface area contributed by atoms with Crippen LogP contribution in [0.1, 0.15) is 24.3 Å². The molecule has 0 aliphatic carbocycles. The van der Waals surface area contributed by atoms with Crippen molar-refractivity contribution in [2.75, 3.05) is 20.7 Å². The molecule has 1 aromatic heterocycles. The third-order valence-corrected chi connectivity index (χ3v) is 3.70. The molecule has 0 saturated heterocycles. The van der Waals surface area contributed by atoms with Crippen LogP contribution in [0.3, 0.4) is 0 Å². The number of carboxylic acid groups (broad SMARTS) is 1. The van der Waals surface area contributed by atoms with E-state index in [4.69, 9.17) is 9.84 Å². The molecule has 0 unspecified atom stereocenters. The fourth-order valence-corrected chi connectivity index (χ4v) is 1.76. The van der Waals surface area contributed by atoms with Crippen LogP contribution in [0, 0.1) is 0 Å². The fraction of sp³-hybridized carbons (Fsp3) is 0.375. The summed E-state index contributed by atoms with van der Waals surface area (Å²) in [6, 6.07) is 9.04. The second-order valence-corrected chi connectivity index (χ2v) is 5.83. The molecule has 2 rings (SSSR count). The molecule has 0 aliphatic rings. The number of likely N-dealkylation sites (N-methyl/N-ethyl adjacent to an activating group) is 1. The Labute approximate surface area is 124 Å². The maximum Gasteiger partial charge on any atom is 0.354 e. The van der Waals surface area contributed by atoms with Crippen molar-refractivity contribution in [3.63, 3.8) is 0 Å². The summed E-state index contributed by atoms with van der Waals surface area (Å²) in [4.78, 5) is 17.4. The molecule has 0 fully saturated rings. The quantitative estimate of drug-likeness (QED) is 0.916. The zero-order chi connectivity index (χ0) is 15.6. The number of carboxylic acids is 1. The lowest BCUT2D eigenvalue weighted by Crippen LogP contribution is -2.43. The molecule has 2 aromatic rings. The first-order valence-corrected chi connectivity index (χ1v) is 6.74. The smallest absolute Gasteiger partial charge is 0.354 e. The zero-order valence-electron chi connectivity index (χ0n) is 12.8. The fourth-order valence-electron chi connectivity index (χ4n) is 1.76. The molecule has 0 aliphatic heterocycles. The van der Waals surface area contributed by atoms with Gasteiger partial charge in [-0.3, -0.25) is 0 Å². The summed E-state index contributed by atoms with van der Waals surface area (Å²) in [5, 5.41) is 10.8. The molecule has 5 nitrogen and oxygen atoms in total. The lowest BCUT2D eigenvalue weighted by atomic mass is 10.1. The Balaban J connectivity index is 2.40. The number of benzene rings is 1. The normalized spacial score (nSPS) is 11.9. The highest BCUT2D eigenvalue weighted by Gasteiger charge is 2.22. The van der Waals surface area contributed by atoms with Gasteiger partial charge in [0.1, 0.15) is 6.61 Å². The summed E-state index contributed by atoms with van der Waals surface area (Å²) in [7, 11) is 3.95. The predicted molar refractivity (Wildman–Crippen MR) is 82.0 cm³/mol. The Kier molecular flexibility index (Phi) is 4.14. The molecule has 0 spiro atoms.